The van der Waals surface area contributed by atoms with Crippen molar-refractivity contribution in [3.05, 3.63) is 35.9 Å². The average molecular weight is 218 g/mol. The zero-order chi connectivity index (χ0) is 11.4. The van der Waals surface area contributed by atoms with Crippen LogP contribution in [-0.2, 0) is 16.0 Å². The third kappa shape index (κ3) is 3.08. The monoisotopic (exact) mass is 218 g/mol. The molecule has 0 spiro atoms. The molecule has 0 heterocycles. The van der Waals surface area contributed by atoms with Crippen LogP contribution in [0.4, 0.5) is 0 Å². The summed E-state index contributed by atoms with van der Waals surface area (Å²) in [6, 6.07) is 9.41. The molecule has 16 heavy (non-hydrogen) atoms. The minimum atomic E-state index is -0.194. The Morgan fingerprint density at radius 1 is 1.12 bits per heavy atom. The van der Waals surface area contributed by atoms with Crippen LogP contribution in [0, 0.1) is 5.92 Å². The quantitative estimate of drug-likeness (QED) is 0.737. The van der Waals surface area contributed by atoms with Gasteiger partial charge in [-0.05, 0) is 18.4 Å². The number of rotatable bonds is 3. The van der Waals surface area contributed by atoms with E-state index in [4.69, 9.17) is 0 Å². The van der Waals surface area contributed by atoms with Crippen LogP contribution in [0.3, 0.4) is 0 Å². The maximum absolute atomic E-state index is 11.4. The Hall–Kier alpha value is -1.84. The third-order valence-electron chi connectivity index (χ3n) is 2.48. The highest BCUT2D eigenvalue weighted by atomic mass is 16.2. The van der Waals surface area contributed by atoms with Gasteiger partial charge in [0.05, 0.1) is 6.42 Å². The lowest BCUT2D eigenvalue weighted by atomic mass is 10.1. The van der Waals surface area contributed by atoms with Gasteiger partial charge in [0.15, 0.2) is 0 Å². The van der Waals surface area contributed by atoms with Crippen LogP contribution in [0.2, 0.25) is 0 Å². The third-order valence-corrected chi connectivity index (χ3v) is 2.48. The molecular weight excluding hydrogens is 204 g/mol. The van der Waals surface area contributed by atoms with Crippen molar-refractivity contribution >= 4 is 11.8 Å². The summed E-state index contributed by atoms with van der Waals surface area (Å²) in [5.74, 6) is -0.168. The van der Waals surface area contributed by atoms with Gasteiger partial charge >= 0.3 is 0 Å². The Bertz CT molecular complexity index is 385. The lowest BCUT2D eigenvalue weighted by molar-refractivity contribution is -0.129. The number of benzene rings is 1. The number of hydrogen-bond donors (Lipinski definition) is 2. The summed E-state index contributed by atoms with van der Waals surface area (Å²) in [4.78, 5) is 22.7. The van der Waals surface area contributed by atoms with Crippen LogP contribution in [0.25, 0.3) is 0 Å². The Morgan fingerprint density at radius 2 is 1.81 bits per heavy atom. The van der Waals surface area contributed by atoms with Gasteiger partial charge in [-0.1, -0.05) is 30.3 Å². The van der Waals surface area contributed by atoms with Crippen LogP contribution in [-0.4, -0.2) is 11.8 Å². The van der Waals surface area contributed by atoms with Crippen LogP contribution < -0.4 is 10.9 Å². The number of carbonyl (C=O) groups excluding carboxylic acids is 2. The lowest BCUT2D eigenvalue weighted by Crippen LogP contribution is -2.43. The van der Waals surface area contributed by atoms with Crippen molar-refractivity contribution in [2.45, 2.75) is 19.3 Å². The molecule has 1 aromatic rings. The highest BCUT2D eigenvalue weighted by Crippen LogP contribution is 2.28. The predicted molar refractivity (Wildman–Crippen MR) is 59.2 cm³/mol. The number of hydrazine groups is 1. The van der Waals surface area contributed by atoms with E-state index in [0.717, 1.165) is 18.4 Å². The Morgan fingerprint density at radius 3 is 2.44 bits per heavy atom. The smallest absolute Gasteiger partial charge is 0.242 e. The van der Waals surface area contributed by atoms with Gasteiger partial charge in [0.25, 0.3) is 0 Å². The first-order valence-electron chi connectivity index (χ1n) is 5.38. The predicted octanol–water partition coefficient (Wildman–Crippen LogP) is 0.786. The van der Waals surface area contributed by atoms with Gasteiger partial charge in [0, 0.05) is 5.92 Å². The minimum absolute atomic E-state index is 0.0820. The second-order valence-corrected chi connectivity index (χ2v) is 3.97. The molecule has 0 radical (unpaired) electrons. The number of nitrogens with one attached hydrogen (secondary N) is 2. The molecular formula is C12H14N2O2. The van der Waals surface area contributed by atoms with Crippen molar-refractivity contribution in [1.29, 1.82) is 0 Å². The van der Waals surface area contributed by atoms with Gasteiger partial charge < -0.3 is 0 Å². The second kappa shape index (κ2) is 4.79. The normalized spacial score (nSPS) is 14.2. The van der Waals surface area contributed by atoms with E-state index < -0.39 is 0 Å². The van der Waals surface area contributed by atoms with Crippen LogP contribution in [0.15, 0.2) is 30.3 Å². The van der Waals surface area contributed by atoms with Crippen LogP contribution >= 0.6 is 0 Å². The second-order valence-electron chi connectivity index (χ2n) is 3.97. The summed E-state index contributed by atoms with van der Waals surface area (Å²) < 4.78 is 0. The highest BCUT2D eigenvalue weighted by molar-refractivity contribution is 5.85. The number of amides is 2. The average Bonchev–Trinajstić information content (AvgIpc) is 3.11. The maximum Gasteiger partial charge on any atom is 0.242 e. The van der Waals surface area contributed by atoms with E-state index in [1.165, 1.54) is 0 Å². The van der Waals surface area contributed by atoms with E-state index >= 15 is 0 Å². The topological polar surface area (TPSA) is 58.2 Å². The van der Waals surface area contributed by atoms with E-state index in [0.29, 0.717) is 0 Å². The minimum Gasteiger partial charge on any atom is -0.273 e. The molecule has 0 unspecified atom stereocenters. The summed E-state index contributed by atoms with van der Waals surface area (Å²) >= 11 is 0. The fourth-order valence-corrected chi connectivity index (χ4v) is 1.40. The van der Waals surface area contributed by atoms with Gasteiger partial charge in [0.2, 0.25) is 11.8 Å². The van der Waals surface area contributed by atoms with E-state index in [1.807, 2.05) is 30.3 Å². The molecule has 1 fully saturated rings. The first-order valence-corrected chi connectivity index (χ1v) is 5.38. The molecule has 2 N–H and O–H groups in total. The fourth-order valence-electron chi connectivity index (χ4n) is 1.40. The number of carbonyl (C=O) groups is 2. The zero-order valence-corrected chi connectivity index (χ0v) is 8.90. The van der Waals surface area contributed by atoms with Crippen molar-refractivity contribution in [3.63, 3.8) is 0 Å². The molecule has 2 rings (SSSR count). The Balaban J connectivity index is 1.74. The molecule has 1 aliphatic carbocycles. The van der Waals surface area contributed by atoms with Crippen molar-refractivity contribution in [2.75, 3.05) is 0 Å². The molecule has 1 saturated carbocycles. The lowest BCUT2D eigenvalue weighted by Gasteiger charge is -2.06. The van der Waals surface area contributed by atoms with E-state index in [-0.39, 0.29) is 24.2 Å². The standard InChI is InChI=1S/C12H14N2O2/c15-11(8-9-4-2-1-3-5-9)13-14-12(16)10-6-7-10/h1-5,10H,6-8H2,(H,13,15)(H,14,16). The summed E-state index contributed by atoms with van der Waals surface area (Å²) in [5, 5.41) is 0. The molecule has 0 atom stereocenters. The molecule has 1 aliphatic rings. The molecule has 1 aromatic carbocycles. The van der Waals surface area contributed by atoms with Gasteiger partial charge in [-0.3, -0.25) is 20.4 Å². The molecule has 4 heteroatoms. The van der Waals surface area contributed by atoms with Crippen molar-refractivity contribution in [2.24, 2.45) is 5.92 Å². The van der Waals surface area contributed by atoms with Crippen LogP contribution in [0.1, 0.15) is 18.4 Å². The van der Waals surface area contributed by atoms with E-state index in [9.17, 15) is 9.59 Å². The highest BCUT2D eigenvalue weighted by Gasteiger charge is 2.29. The molecule has 4 nitrogen and oxygen atoms in total. The Kier molecular flexibility index (Phi) is 3.19. The molecule has 2 amide bonds. The van der Waals surface area contributed by atoms with Crippen molar-refractivity contribution < 1.29 is 9.59 Å². The van der Waals surface area contributed by atoms with Gasteiger partial charge in [-0.15, -0.1) is 0 Å². The summed E-state index contributed by atoms with van der Waals surface area (Å²) in [6.45, 7) is 0. The Labute approximate surface area is 94.0 Å². The van der Waals surface area contributed by atoms with E-state index in [1.54, 1.807) is 0 Å². The van der Waals surface area contributed by atoms with E-state index in [2.05, 4.69) is 10.9 Å². The summed E-state index contributed by atoms with van der Waals surface area (Å²) in [7, 11) is 0. The maximum atomic E-state index is 11.4. The molecule has 0 aromatic heterocycles. The molecule has 84 valence electrons. The first kappa shape index (κ1) is 10.7. The SMILES string of the molecule is O=C(Cc1ccccc1)NNC(=O)C1CC1. The number of hydrogen-bond acceptors (Lipinski definition) is 2. The molecule has 0 bridgehead atoms. The first-order chi connectivity index (χ1) is 7.75. The zero-order valence-electron chi connectivity index (χ0n) is 8.90. The van der Waals surface area contributed by atoms with Gasteiger partial charge in [0.1, 0.15) is 0 Å². The van der Waals surface area contributed by atoms with Crippen LogP contribution in [0.5, 0.6) is 0 Å². The van der Waals surface area contributed by atoms with Gasteiger partial charge in [-0.25, -0.2) is 0 Å². The summed E-state index contributed by atoms with van der Waals surface area (Å²) in [6.07, 6.45) is 2.15. The largest absolute Gasteiger partial charge is 0.273 e. The van der Waals surface area contributed by atoms with Gasteiger partial charge in [-0.2, -0.15) is 0 Å². The van der Waals surface area contributed by atoms with Crippen molar-refractivity contribution in [3.8, 4) is 0 Å². The van der Waals surface area contributed by atoms with Crippen molar-refractivity contribution in [1.82, 2.24) is 10.9 Å². The molecule has 0 aliphatic heterocycles. The summed E-state index contributed by atoms with van der Waals surface area (Å²) in [5.41, 5.74) is 5.77. The fraction of sp³-hybridized carbons (Fsp3) is 0.333. The molecule has 0 saturated heterocycles.